The molecule has 4 aromatic carbocycles. The van der Waals surface area contributed by atoms with Crippen molar-refractivity contribution in [3.05, 3.63) is 130 Å². The molecule has 0 aliphatic carbocycles. The second-order valence-electron chi connectivity index (χ2n) is 11.7. The molecule has 0 saturated heterocycles. The lowest BCUT2D eigenvalue weighted by molar-refractivity contribution is -0.790. The summed E-state index contributed by atoms with van der Waals surface area (Å²) < 4.78 is 9.36. The number of aliphatic imine (C=N–C) groups is 2. The molecule has 1 atom stereocenters. The van der Waals surface area contributed by atoms with Crippen molar-refractivity contribution >= 4 is 56.5 Å². The molecule has 8 nitrogen and oxygen atoms in total. The molecule has 0 fully saturated rings. The molecule has 0 N–H and O–H groups in total. The zero-order valence-electron chi connectivity index (χ0n) is 22.2. The van der Waals surface area contributed by atoms with Gasteiger partial charge in [-0.2, -0.15) is 9.13 Å². The summed E-state index contributed by atoms with van der Waals surface area (Å²) in [4.78, 5) is 21.8. The smallest absolute Gasteiger partial charge is 0.192 e. The van der Waals surface area contributed by atoms with Crippen LogP contribution < -0.4 is 11.0 Å². The van der Waals surface area contributed by atoms with Crippen LogP contribution >= 0.6 is 0 Å². The van der Waals surface area contributed by atoms with Crippen molar-refractivity contribution in [1.82, 2.24) is 9.13 Å². The summed E-state index contributed by atoms with van der Waals surface area (Å²) in [7, 11) is 0. The molecule has 6 aromatic rings. The van der Waals surface area contributed by atoms with Gasteiger partial charge in [-0.1, -0.05) is 68.0 Å². The summed E-state index contributed by atoms with van der Waals surface area (Å²) in [6.07, 6.45) is 0. The van der Waals surface area contributed by atoms with E-state index in [0.29, 0.717) is 0 Å². The second kappa shape index (κ2) is 6.11. The van der Waals surface area contributed by atoms with Crippen LogP contribution in [0.15, 0.2) is 111 Å². The topological polar surface area (TPSA) is 65.3 Å². The van der Waals surface area contributed by atoms with Gasteiger partial charge < -0.3 is 0 Å². The van der Waals surface area contributed by atoms with Crippen LogP contribution in [0.5, 0.6) is 0 Å². The standard InChI is InChI=1S/C34H18N8/c1-17-14-15-24-25(16-17)33-38-31-23-13-7-6-12-22(23)29-36-27-19-9-3-2-8-18(19)26-35-28-20-10-4-5-11-21(20)30-37-32(24)42(33)34(39(26)27,40(28)30)41(29)31/h2-16H,1H3/q+2. The van der Waals surface area contributed by atoms with E-state index in [1.54, 1.807) is 0 Å². The molecule has 0 bridgehead atoms. The molecule has 192 valence electrons. The van der Waals surface area contributed by atoms with Crippen LogP contribution in [0, 0.1) is 6.92 Å². The predicted octanol–water partition coefficient (Wildman–Crippen LogP) is 4.02. The van der Waals surface area contributed by atoms with Crippen LogP contribution in [-0.2, 0) is 5.91 Å². The van der Waals surface area contributed by atoms with E-state index in [4.69, 9.17) is 20.0 Å². The number of hydrogen-bond acceptors (Lipinski definition) is 4. The highest BCUT2D eigenvalue weighted by Crippen LogP contribution is 2.52. The summed E-state index contributed by atoms with van der Waals surface area (Å²) in [5.74, 6) is 4.47. The lowest BCUT2D eigenvalue weighted by Gasteiger charge is -2.40. The van der Waals surface area contributed by atoms with Crippen molar-refractivity contribution in [3.63, 3.8) is 0 Å². The zero-order valence-corrected chi connectivity index (χ0v) is 22.2. The third-order valence-corrected chi connectivity index (χ3v) is 9.63. The highest BCUT2D eigenvalue weighted by atomic mass is 15.7. The van der Waals surface area contributed by atoms with E-state index in [1.807, 2.05) is 0 Å². The van der Waals surface area contributed by atoms with Crippen LogP contribution in [0.2, 0.25) is 0 Å². The van der Waals surface area contributed by atoms with Crippen molar-refractivity contribution in [3.8, 4) is 0 Å². The minimum atomic E-state index is -0.929. The summed E-state index contributed by atoms with van der Waals surface area (Å²) in [6.45, 7) is 2.14. The van der Waals surface area contributed by atoms with Gasteiger partial charge >= 0.3 is 5.91 Å². The number of aryl methyl sites for hydroxylation is 1. The molecule has 0 radical (unpaired) electrons. The first kappa shape index (κ1) is 20.2. The number of aromatic nitrogens is 2. The summed E-state index contributed by atoms with van der Waals surface area (Å²) in [6, 6.07) is 32.2. The van der Waals surface area contributed by atoms with Crippen LogP contribution in [0.4, 0.5) is 11.6 Å². The van der Waals surface area contributed by atoms with Gasteiger partial charge in [-0.15, -0.1) is 9.15 Å². The average Bonchev–Trinajstić information content (AvgIpc) is 3.73. The quantitative estimate of drug-likeness (QED) is 0.263. The van der Waals surface area contributed by atoms with E-state index in [9.17, 15) is 0 Å². The molecule has 8 heterocycles. The maximum absolute atomic E-state index is 5.46. The molecular formula is C34H18N8+2. The minimum Gasteiger partial charge on any atom is -0.192 e. The van der Waals surface area contributed by atoms with Crippen LogP contribution in [0.25, 0.3) is 21.5 Å². The molecule has 1 spiro atoms. The summed E-state index contributed by atoms with van der Waals surface area (Å²) in [5.41, 5.74) is 7.33. The van der Waals surface area contributed by atoms with E-state index in [-0.39, 0.29) is 0 Å². The van der Waals surface area contributed by atoms with Crippen molar-refractivity contribution in [2.24, 2.45) is 20.0 Å². The summed E-state index contributed by atoms with van der Waals surface area (Å²) in [5, 5.41) is 4.36. The van der Waals surface area contributed by atoms with Crippen molar-refractivity contribution in [2.45, 2.75) is 12.8 Å². The Balaban J connectivity index is 1.45. The summed E-state index contributed by atoms with van der Waals surface area (Å²) >= 11 is 0. The first-order chi connectivity index (χ1) is 20.7. The largest absolute Gasteiger partial charge is 0.404 e. The van der Waals surface area contributed by atoms with Crippen LogP contribution in [0.1, 0.15) is 27.8 Å². The highest BCUT2D eigenvalue weighted by Gasteiger charge is 2.69. The van der Waals surface area contributed by atoms with E-state index in [0.717, 1.165) is 89.8 Å². The van der Waals surface area contributed by atoms with Gasteiger partial charge in [-0.3, -0.25) is 0 Å². The van der Waals surface area contributed by atoms with E-state index in [2.05, 4.69) is 116 Å². The molecule has 42 heavy (non-hydrogen) atoms. The van der Waals surface area contributed by atoms with Gasteiger partial charge in [0.15, 0.2) is 0 Å². The second-order valence-corrected chi connectivity index (χ2v) is 11.7. The maximum Gasteiger partial charge on any atom is 0.404 e. The molecular weight excluding hydrogens is 520 g/mol. The lowest BCUT2D eigenvalue weighted by Crippen LogP contribution is -2.71. The van der Waals surface area contributed by atoms with Gasteiger partial charge in [0.05, 0.1) is 22.3 Å². The molecule has 8 heteroatoms. The maximum atomic E-state index is 5.46. The Morgan fingerprint density at radius 3 is 1.64 bits per heavy atom. The Morgan fingerprint density at radius 2 is 1.05 bits per heavy atom. The third kappa shape index (κ3) is 1.82. The third-order valence-electron chi connectivity index (χ3n) is 9.63. The Hall–Kier alpha value is -5.76. The number of hydrogen-bond donors (Lipinski definition) is 0. The fourth-order valence-corrected chi connectivity index (χ4v) is 8.04. The average molecular weight is 539 g/mol. The minimum absolute atomic E-state index is 0.899. The molecule has 6 aliphatic heterocycles. The van der Waals surface area contributed by atoms with E-state index >= 15 is 0 Å². The fraction of sp³-hybridized carbons (Fsp3) is 0.0588. The molecule has 0 saturated carbocycles. The predicted molar refractivity (Wildman–Crippen MR) is 158 cm³/mol. The van der Waals surface area contributed by atoms with Gasteiger partial charge in [0.1, 0.15) is 0 Å². The van der Waals surface area contributed by atoms with Gasteiger partial charge in [-0.05, 0) is 55.5 Å². The monoisotopic (exact) mass is 538 g/mol. The first-order valence-corrected chi connectivity index (χ1v) is 14.2. The highest BCUT2D eigenvalue weighted by molar-refractivity contribution is 6.20. The van der Waals surface area contributed by atoms with Crippen LogP contribution in [0.3, 0.4) is 0 Å². The number of nitrogens with zero attached hydrogens (tertiary/aromatic N) is 8. The Morgan fingerprint density at radius 1 is 0.524 bits per heavy atom. The number of rotatable bonds is 0. The number of amidine groups is 4. The van der Waals surface area contributed by atoms with E-state index in [1.165, 1.54) is 5.56 Å². The first-order valence-electron chi connectivity index (χ1n) is 14.2. The molecule has 12 rings (SSSR count). The molecule has 1 unspecified atom stereocenters. The molecule has 2 aromatic heterocycles. The Labute approximate surface area is 237 Å². The van der Waals surface area contributed by atoms with Crippen molar-refractivity contribution in [1.29, 1.82) is 0 Å². The number of fused-ring (bicyclic) bond motifs is 12. The number of benzene rings is 4. The van der Waals surface area contributed by atoms with Gasteiger partial charge in [0.25, 0.3) is 23.3 Å². The normalized spacial score (nSPS) is 20.6. The van der Waals surface area contributed by atoms with Gasteiger partial charge in [0, 0.05) is 21.5 Å². The van der Waals surface area contributed by atoms with Crippen LogP contribution in [-0.4, -0.2) is 41.6 Å². The lowest BCUT2D eigenvalue weighted by atomic mass is 10.1. The SMILES string of the molecule is Cc1ccc2c3n4c(c2c1)N=C1c2ccccc2C2=[N+]1C41n4c(c5ccccc5c4=N2)=NC2=[N+]1C(=N3)c1ccccc12. The van der Waals surface area contributed by atoms with Crippen molar-refractivity contribution < 1.29 is 9.15 Å². The Kier molecular flexibility index (Phi) is 2.93. The van der Waals surface area contributed by atoms with E-state index < -0.39 is 5.91 Å². The Bertz CT molecular complexity index is 2650. The van der Waals surface area contributed by atoms with Gasteiger partial charge in [-0.25, -0.2) is 0 Å². The zero-order chi connectivity index (χ0) is 27.1. The molecule has 0 amide bonds. The fourth-order valence-electron chi connectivity index (χ4n) is 8.04. The molecule has 6 aliphatic rings. The van der Waals surface area contributed by atoms with Crippen molar-refractivity contribution in [2.75, 3.05) is 0 Å². The van der Waals surface area contributed by atoms with Gasteiger partial charge in [0.2, 0.25) is 22.6 Å².